The Balaban J connectivity index is 1.83. The number of ether oxygens (including phenoxy) is 1. The summed E-state index contributed by atoms with van der Waals surface area (Å²) in [7, 11) is 0. The molecule has 1 aromatic carbocycles. The first kappa shape index (κ1) is 18.3. The summed E-state index contributed by atoms with van der Waals surface area (Å²) >= 11 is 0. The smallest absolute Gasteiger partial charge is 0.338 e. The van der Waals surface area contributed by atoms with Crippen LogP contribution in [-0.4, -0.2) is 23.9 Å². The molecule has 0 aliphatic rings. The fraction of sp³-hybridized carbons (Fsp3) is 0.278. The van der Waals surface area contributed by atoms with Crippen LogP contribution in [0.2, 0.25) is 0 Å². The topological polar surface area (TPSA) is 97.6 Å². The predicted octanol–water partition coefficient (Wildman–Crippen LogP) is 1.78. The predicted molar refractivity (Wildman–Crippen MR) is 89.4 cm³/mol. The molecular weight excluding hydrogens is 324 g/mol. The molecule has 2 N–H and O–H groups in total. The van der Waals surface area contributed by atoms with Crippen molar-refractivity contribution in [2.24, 2.45) is 0 Å². The normalized spacial score (nSPS) is 11.4. The van der Waals surface area contributed by atoms with E-state index < -0.39 is 18.0 Å². The fourth-order valence-electron chi connectivity index (χ4n) is 2.00. The van der Waals surface area contributed by atoms with Gasteiger partial charge < -0.3 is 19.8 Å². The SMILES string of the molecule is CC(=O)NCc1ccc(C(=O)OC(C)C(=O)NCc2ccco2)cc1. The second-order valence-electron chi connectivity index (χ2n) is 5.45. The Morgan fingerprint density at radius 3 is 2.40 bits per heavy atom. The zero-order valence-corrected chi connectivity index (χ0v) is 14.1. The van der Waals surface area contributed by atoms with Gasteiger partial charge in [0.2, 0.25) is 5.91 Å². The second kappa shape index (κ2) is 8.68. The number of benzene rings is 1. The molecule has 0 fully saturated rings. The molecule has 0 saturated heterocycles. The quantitative estimate of drug-likeness (QED) is 0.746. The molecule has 0 bridgehead atoms. The van der Waals surface area contributed by atoms with Crippen molar-refractivity contribution < 1.29 is 23.5 Å². The number of carbonyl (C=O) groups is 3. The average molecular weight is 344 g/mol. The molecule has 1 aromatic heterocycles. The molecule has 1 atom stereocenters. The summed E-state index contributed by atoms with van der Waals surface area (Å²) < 4.78 is 10.3. The van der Waals surface area contributed by atoms with Crippen LogP contribution < -0.4 is 10.6 Å². The number of nitrogens with one attached hydrogen (secondary N) is 2. The maximum absolute atomic E-state index is 12.1. The maximum Gasteiger partial charge on any atom is 0.338 e. The highest BCUT2D eigenvalue weighted by molar-refractivity contribution is 5.92. The van der Waals surface area contributed by atoms with Crippen LogP contribution in [0.4, 0.5) is 0 Å². The lowest BCUT2D eigenvalue weighted by Crippen LogP contribution is -2.35. The number of esters is 1. The summed E-state index contributed by atoms with van der Waals surface area (Å²) in [4.78, 5) is 34.9. The van der Waals surface area contributed by atoms with E-state index in [4.69, 9.17) is 9.15 Å². The first-order chi connectivity index (χ1) is 12.0. The number of furan rings is 1. The van der Waals surface area contributed by atoms with Gasteiger partial charge in [0.25, 0.3) is 5.91 Å². The molecular formula is C18H20N2O5. The number of hydrogen-bond donors (Lipinski definition) is 2. The van der Waals surface area contributed by atoms with Gasteiger partial charge in [0.15, 0.2) is 6.10 Å². The minimum absolute atomic E-state index is 0.127. The van der Waals surface area contributed by atoms with E-state index in [2.05, 4.69) is 10.6 Å². The third-order valence-corrected chi connectivity index (χ3v) is 3.40. The van der Waals surface area contributed by atoms with E-state index in [1.165, 1.54) is 20.1 Å². The molecule has 7 heteroatoms. The molecule has 1 heterocycles. The van der Waals surface area contributed by atoms with Crippen molar-refractivity contribution in [3.63, 3.8) is 0 Å². The number of hydrogen-bond acceptors (Lipinski definition) is 5. The van der Waals surface area contributed by atoms with Crippen LogP contribution in [0.3, 0.4) is 0 Å². The molecule has 0 aliphatic heterocycles. The van der Waals surface area contributed by atoms with Gasteiger partial charge >= 0.3 is 5.97 Å². The van der Waals surface area contributed by atoms with Crippen molar-refractivity contribution in [3.05, 3.63) is 59.5 Å². The maximum atomic E-state index is 12.1. The third kappa shape index (κ3) is 5.80. The molecule has 0 spiro atoms. The Bertz CT molecular complexity index is 722. The highest BCUT2D eigenvalue weighted by atomic mass is 16.5. The highest BCUT2D eigenvalue weighted by Gasteiger charge is 2.18. The molecule has 7 nitrogen and oxygen atoms in total. The van der Waals surface area contributed by atoms with E-state index in [9.17, 15) is 14.4 Å². The van der Waals surface area contributed by atoms with Crippen molar-refractivity contribution >= 4 is 17.8 Å². The summed E-state index contributed by atoms with van der Waals surface area (Å²) in [5, 5.41) is 5.30. The summed E-state index contributed by atoms with van der Waals surface area (Å²) in [6.45, 7) is 3.55. The highest BCUT2D eigenvalue weighted by Crippen LogP contribution is 2.08. The number of rotatable bonds is 7. The van der Waals surface area contributed by atoms with Crippen LogP contribution >= 0.6 is 0 Å². The third-order valence-electron chi connectivity index (χ3n) is 3.40. The van der Waals surface area contributed by atoms with E-state index in [0.717, 1.165) is 5.56 Å². The van der Waals surface area contributed by atoms with Gasteiger partial charge in [0.1, 0.15) is 5.76 Å². The first-order valence-corrected chi connectivity index (χ1v) is 7.80. The fourth-order valence-corrected chi connectivity index (χ4v) is 2.00. The molecule has 2 rings (SSSR count). The molecule has 132 valence electrons. The average Bonchev–Trinajstić information content (AvgIpc) is 3.11. The molecule has 0 aliphatic carbocycles. The lowest BCUT2D eigenvalue weighted by molar-refractivity contribution is -0.129. The largest absolute Gasteiger partial charge is 0.467 e. The number of amides is 2. The lowest BCUT2D eigenvalue weighted by atomic mass is 10.1. The van der Waals surface area contributed by atoms with Gasteiger partial charge in [-0.25, -0.2) is 4.79 Å². The van der Waals surface area contributed by atoms with Gasteiger partial charge in [0.05, 0.1) is 18.4 Å². The van der Waals surface area contributed by atoms with Crippen LogP contribution in [0.5, 0.6) is 0 Å². The van der Waals surface area contributed by atoms with E-state index in [1.807, 2.05) is 0 Å². The Morgan fingerprint density at radius 2 is 1.80 bits per heavy atom. The van der Waals surface area contributed by atoms with Gasteiger partial charge in [-0.3, -0.25) is 9.59 Å². The molecule has 2 aromatic rings. The van der Waals surface area contributed by atoms with Gasteiger partial charge in [0, 0.05) is 13.5 Å². The summed E-state index contributed by atoms with van der Waals surface area (Å²) in [5.74, 6) is -0.515. The minimum atomic E-state index is -0.929. The van der Waals surface area contributed by atoms with Gasteiger partial charge in [-0.2, -0.15) is 0 Å². The zero-order chi connectivity index (χ0) is 18.2. The van der Waals surface area contributed by atoms with Crippen LogP contribution in [0.1, 0.15) is 35.5 Å². The van der Waals surface area contributed by atoms with Gasteiger partial charge in [-0.05, 0) is 36.8 Å². The van der Waals surface area contributed by atoms with Crippen LogP contribution in [0, 0.1) is 0 Å². The van der Waals surface area contributed by atoms with E-state index in [1.54, 1.807) is 36.4 Å². The lowest BCUT2D eigenvalue weighted by Gasteiger charge is -2.13. The Kier molecular flexibility index (Phi) is 6.33. The van der Waals surface area contributed by atoms with Crippen molar-refractivity contribution in [3.8, 4) is 0 Å². The minimum Gasteiger partial charge on any atom is -0.467 e. The molecule has 2 amide bonds. The first-order valence-electron chi connectivity index (χ1n) is 7.80. The Hall–Kier alpha value is -3.09. The Morgan fingerprint density at radius 1 is 1.08 bits per heavy atom. The van der Waals surface area contributed by atoms with Crippen LogP contribution in [0.15, 0.2) is 47.1 Å². The van der Waals surface area contributed by atoms with Gasteiger partial charge in [-0.15, -0.1) is 0 Å². The van der Waals surface area contributed by atoms with Crippen molar-refractivity contribution in [2.45, 2.75) is 33.0 Å². The molecule has 0 radical (unpaired) electrons. The van der Waals surface area contributed by atoms with E-state index >= 15 is 0 Å². The zero-order valence-electron chi connectivity index (χ0n) is 14.1. The summed E-state index contributed by atoms with van der Waals surface area (Å²) in [6.07, 6.45) is 0.585. The van der Waals surface area contributed by atoms with Crippen LogP contribution in [-0.2, 0) is 27.4 Å². The van der Waals surface area contributed by atoms with Crippen LogP contribution in [0.25, 0.3) is 0 Å². The molecule has 1 unspecified atom stereocenters. The van der Waals surface area contributed by atoms with Crippen molar-refractivity contribution in [1.82, 2.24) is 10.6 Å². The molecule has 25 heavy (non-hydrogen) atoms. The van der Waals surface area contributed by atoms with Gasteiger partial charge in [-0.1, -0.05) is 12.1 Å². The molecule has 0 saturated carbocycles. The Labute approximate surface area is 145 Å². The van der Waals surface area contributed by atoms with E-state index in [-0.39, 0.29) is 12.5 Å². The standard InChI is InChI=1S/C18H20N2O5/c1-12(17(22)20-11-16-4-3-9-24-16)25-18(23)15-7-5-14(6-8-15)10-19-13(2)21/h3-9,12H,10-11H2,1-2H3,(H,19,21)(H,20,22). The van der Waals surface area contributed by atoms with E-state index in [0.29, 0.717) is 17.9 Å². The summed E-state index contributed by atoms with van der Waals surface area (Å²) in [5.41, 5.74) is 1.19. The van der Waals surface area contributed by atoms with Crippen molar-refractivity contribution in [2.75, 3.05) is 0 Å². The second-order valence-corrected chi connectivity index (χ2v) is 5.45. The van der Waals surface area contributed by atoms with Crippen molar-refractivity contribution in [1.29, 1.82) is 0 Å². The monoisotopic (exact) mass is 344 g/mol. The summed E-state index contributed by atoms with van der Waals surface area (Å²) in [6, 6.07) is 10.1. The number of carbonyl (C=O) groups excluding carboxylic acids is 3.